The third-order valence-electron chi connectivity index (χ3n) is 2.10. The molecule has 0 aromatic heterocycles. The predicted molar refractivity (Wildman–Crippen MR) is 57.1 cm³/mol. The number of hydrogen-bond acceptors (Lipinski definition) is 3. The Bertz CT molecular complexity index is 536. The molecule has 0 spiro atoms. The Morgan fingerprint density at radius 1 is 1.15 bits per heavy atom. The molecule has 0 aliphatic heterocycles. The fraction of sp³-hybridized carbons (Fsp3) is 0.273. The molecule has 1 aromatic rings. The molecule has 0 atom stereocenters. The van der Waals surface area contributed by atoms with Crippen molar-refractivity contribution in [1.29, 1.82) is 0 Å². The SMILES string of the molecule is O=C(O)COCCNC(=O)c1cc(F)c(F)c(F)c1F. The number of aliphatic carboxylic acids is 1. The molecule has 0 saturated carbocycles. The van der Waals surface area contributed by atoms with Crippen molar-refractivity contribution >= 4 is 11.9 Å². The van der Waals surface area contributed by atoms with Gasteiger partial charge in [-0.05, 0) is 6.07 Å². The largest absolute Gasteiger partial charge is 0.480 e. The lowest BCUT2D eigenvalue weighted by Gasteiger charge is -2.07. The first-order chi connectivity index (χ1) is 9.34. The van der Waals surface area contributed by atoms with Crippen molar-refractivity contribution in [2.75, 3.05) is 19.8 Å². The van der Waals surface area contributed by atoms with Gasteiger partial charge in [-0.25, -0.2) is 22.4 Å². The van der Waals surface area contributed by atoms with Gasteiger partial charge in [-0.15, -0.1) is 0 Å². The van der Waals surface area contributed by atoms with Gasteiger partial charge in [0, 0.05) is 6.54 Å². The van der Waals surface area contributed by atoms with Crippen molar-refractivity contribution in [2.24, 2.45) is 0 Å². The van der Waals surface area contributed by atoms with Crippen LogP contribution in [-0.2, 0) is 9.53 Å². The molecule has 1 aromatic carbocycles. The number of carboxylic acid groups (broad SMARTS) is 1. The summed E-state index contributed by atoms with van der Waals surface area (Å²) in [5.74, 6) is -10.0. The molecule has 0 fully saturated rings. The van der Waals surface area contributed by atoms with E-state index in [1.807, 2.05) is 5.32 Å². The molecule has 0 aliphatic carbocycles. The number of amides is 1. The molecule has 0 radical (unpaired) electrons. The van der Waals surface area contributed by atoms with E-state index >= 15 is 0 Å². The molecule has 110 valence electrons. The van der Waals surface area contributed by atoms with E-state index < -0.39 is 47.3 Å². The van der Waals surface area contributed by atoms with Crippen LogP contribution in [0.2, 0.25) is 0 Å². The minimum Gasteiger partial charge on any atom is -0.480 e. The first-order valence-corrected chi connectivity index (χ1v) is 5.25. The number of benzene rings is 1. The first kappa shape index (κ1) is 15.9. The maximum atomic E-state index is 13.2. The first-order valence-electron chi connectivity index (χ1n) is 5.25. The predicted octanol–water partition coefficient (Wildman–Crippen LogP) is 1.07. The molecule has 2 N–H and O–H groups in total. The third-order valence-corrected chi connectivity index (χ3v) is 2.10. The zero-order valence-corrected chi connectivity index (χ0v) is 9.88. The molecule has 5 nitrogen and oxygen atoms in total. The highest BCUT2D eigenvalue weighted by Gasteiger charge is 2.22. The minimum absolute atomic E-state index is 0.203. The van der Waals surface area contributed by atoms with Crippen LogP contribution in [0.4, 0.5) is 17.6 Å². The Morgan fingerprint density at radius 2 is 1.80 bits per heavy atom. The van der Waals surface area contributed by atoms with Crippen LogP contribution < -0.4 is 5.32 Å². The topological polar surface area (TPSA) is 75.6 Å². The molecule has 9 heteroatoms. The zero-order chi connectivity index (χ0) is 15.3. The van der Waals surface area contributed by atoms with Crippen LogP contribution in [0.15, 0.2) is 6.07 Å². The molecular formula is C11H9F4NO4. The lowest BCUT2D eigenvalue weighted by Crippen LogP contribution is -2.29. The van der Waals surface area contributed by atoms with E-state index in [0.717, 1.165) is 0 Å². The van der Waals surface area contributed by atoms with Gasteiger partial charge in [0.05, 0.1) is 12.2 Å². The summed E-state index contributed by atoms with van der Waals surface area (Å²) in [5.41, 5.74) is -1.00. The fourth-order valence-corrected chi connectivity index (χ4v) is 1.23. The van der Waals surface area contributed by atoms with Gasteiger partial charge in [-0.2, -0.15) is 0 Å². The van der Waals surface area contributed by atoms with Gasteiger partial charge in [-0.3, -0.25) is 4.79 Å². The fourth-order valence-electron chi connectivity index (χ4n) is 1.23. The summed E-state index contributed by atoms with van der Waals surface area (Å²) in [5, 5.41) is 10.3. The summed E-state index contributed by atoms with van der Waals surface area (Å²) in [6.07, 6.45) is 0. The standard InChI is InChI=1S/C11H9F4NO4/c12-6-3-5(8(13)10(15)9(6)14)11(19)16-1-2-20-4-7(17)18/h3H,1-2,4H2,(H,16,19)(H,17,18). The van der Waals surface area contributed by atoms with Crippen molar-refractivity contribution in [3.05, 3.63) is 34.9 Å². The maximum Gasteiger partial charge on any atom is 0.329 e. The van der Waals surface area contributed by atoms with Crippen LogP contribution in [0.5, 0.6) is 0 Å². The number of hydrogen-bond donors (Lipinski definition) is 2. The van der Waals surface area contributed by atoms with Gasteiger partial charge in [0.1, 0.15) is 6.61 Å². The minimum atomic E-state index is -2.09. The second kappa shape index (κ2) is 6.85. The summed E-state index contributed by atoms with van der Waals surface area (Å²) in [7, 11) is 0. The highest BCUT2D eigenvalue weighted by atomic mass is 19.2. The van der Waals surface area contributed by atoms with E-state index in [2.05, 4.69) is 4.74 Å². The van der Waals surface area contributed by atoms with Crippen molar-refractivity contribution in [1.82, 2.24) is 5.32 Å². The van der Waals surface area contributed by atoms with Crippen molar-refractivity contribution in [2.45, 2.75) is 0 Å². The molecular weight excluding hydrogens is 286 g/mol. The van der Waals surface area contributed by atoms with E-state index in [0.29, 0.717) is 0 Å². The second-order valence-corrected chi connectivity index (χ2v) is 3.55. The molecule has 1 rings (SSSR count). The Balaban J connectivity index is 2.62. The number of carbonyl (C=O) groups excluding carboxylic acids is 1. The van der Waals surface area contributed by atoms with Gasteiger partial charge in [-0.1, -0.05) is 0 Å². The zero-order valence-electron chi connectivity index (χ0n) is 9.88. The van der Waals surface area contributed by atoms with Crippen molar-refractivity contribution in [3.63, 3.8) is 0 Å². The molecule has 0 saturated heterocycles. The summed E-state index contributed by atoms with van der Waals surface area (Å²) in [6.45, 7) is -1.01. The van der Waals surface area contributed by atoms with Gasteiger partial charge in [0.15, 0.2) is 23.3 Å². The number of rotatable bonds is 6. The van der Waals surface area contributed by atoms with Crippen molar-refractivity contribution in [3.8, 4) is 0 Å². The van der Waals surface area contributed by atoms with E-state index in [4.69, 9.17) is 5.11 Å². The molecule has 0 bridgehead atoms. The smallest absolute Gasteiger partial charge is 0.329 e. The summed E-state index contributed by atoms with van der Waals surface area (Å²) >= 11 is 0. The lowest BCUT2D eigenvalue weighted by atomic mass is 10.1. The Labute approximate surface area is 110 Å². The lowest BCUT2D eigenvalue weighted by molar-refractivity contribution is -0.142. The van der Waals surface area contributed by atoms with Crippen LogP contribution in [0, 0.1) is 23.3 Å². The molecule has 0 heterocycles. The summed E-state index contributed by atoms with van der Waals surface area (Å²) in [6, 6.07) is 0.223. The number of ether oxygens (including phenoxy) is 1. The van der Waals surface area contributed by atoms with Crippen molar-refractivity contribution < 1.29 is 37.0 Å². The van der Waals surface area contributed by atoms with E-state index in [-0.39, 0.29) is 19.2 Å². The molecule has 20 heavy (non-hydrogen) atoms. The summed E-state index contributed by atoms with van der Waals surface area (Å²) in [4.78, 5) is 21.5. The normalized spacial score (nSPS) is 10.4. The Hall–Kier alpha value is -2.16. The monoisotopic (exact) mass is 295 g/mol. The van der Waals surface area contributed by atoms with E-state index in [9.17, 15) is 27.2 Å². The average Bonchev–Trinajstić information content (AvgIpc) is 2.39. The molecule has 0 aliphatic rings. The number of nitrogens with one attached hydrogen (secondary N) is 1. The van der Waals surface area contributed by atoms with E-state index in [1.54, 1.807) is 0 Å². The quantitative estimate of drug-likeness (QED) is 0.356. The van der Waals surface area contributed by atoms with Crippen LogP contribution in [0.3, 0.4) is 0 Å². The highest BCUT2D eigenvalue weighted by molar-refractivity contribution is 5.94. The van der Waals surface area contributed by atoms with Crippen LogP contribution in [0.25, 0.3) is 0 Å². The highest BCUT2D eigenvalue weighted by Crippen LogP contribution is 2.18. The third kappa shape index (κ3) is 3.92. The molecule has 0 unspecified atom stereocenters. The number of carbonyl (C=O) groups is 2. The van der Waals surface area contributed by atoms with E-state index in [1.165, 1.54) is 0 Å². The Kier molecular flexibility index (Phi) is 5.44. The van der Waals surface area contributed by atoms with Gasteiger partial charge < -0.3 is 15.2 Å². The van der Waals surface area contributed by atoms with Gasteiger partial charge >= 0.3 is 5.97 Å². The van der Waals surface area contributed by atoms with Gasteiger partial charge in [0.2, 0.25) is 0 Å². The van der Waals surface area contributed by atoms with Gasteiger partial charge in [0.25, 0.3) is 5.91 Å². The van der Waals surface area contributed by atoms with Crippen LogP contribution in [-0.4, -0.2) is 36.7 Å². The summed E-state index contributed by atoms with van der Waals surface area (Å²) < 4.78 is 56.2. The average molecular weight is 295 g/mol. The maximum absolute atomic E-state index is 13.2. The number of halogens is 4. The van der Waals surface area contributed by atoms with Crippen LogP contribution in [0.1, 0.15) is 10.4 Å². The molecule has 1 amide bonds. The second-order valence-electron chi connectivity index (χ2n) is 3.55. The van der Waals surface area contributed by atoms with Crippen LogP contribution >= 0.6 is 0 Å². The Morgan fingerprint density at radius 3 is 2.40 bits per heavy atom. The number of carboxylic acids is 1.